The molecule has 2 rings (SSSR count). The fourth-order valence-electron chi connectivity index (χ4n) is 2.05. The van der Waals surface area contributed by atoms with Gasteiger partial charge in [-0.05, 0) is 41.1 Å². The van der Waals surface area contributed by atoms with Crippen molar-refractivity contribution in [1.29, 1.82) is 0 Å². The SMILES string of the molecule is CCc1ccsc1C(O)c1ccc(OC)c(OC)c1. The molecule has 19 heavy (non-hydrogen) atoms. The molecule has 0 aliphatic rings. The van der Waals surface area contributed by atoms with Crippen LogP contribution in [0.1, 0.15) is 29.0 Å². The Morgan fingerprint density at radius 1 is 1.16 bits per heavy atom. The maximum Gasteiger partial charge on any atom is 0.161 e. The number of aliphatic hydroxyl groups is 1. The van der Waals surface area contributed by atoms with E-state index in [2.05, 4.69) is 13.0 Å². The van der Waals surface area contributed by atoms with E-state index in [9.17, 15) is 5.11 Å². The fourth-order valence-corrected chi connectivity index (χ4v) is 3.06. The zero-order valence-corrected chi connectivity index (χ0v) is 12.2. The number of aryl methyl sites for hydroxylation is 1. The Bertz CT molecular complexity index is 548. The number of methoxy groups -OCH3 is 2. The molecule has 1 aromatic carbocycles. The van der Waals surface area contributed by atoms with Crippen LogP contribution in [0, 0.1) is 0 Å². The van der Waals surface area contributed by atoms with E-state index in [0.717, 1.165) is 16.9 Å². The molecule has 102 valence electrons. The van der Waals surface area contributed by atoms with E-state index in [4.69, 9.17) is 9.47 Å². The molecule has 1 N–H and O–H groups in total. The summed E-state index contributed by atoms with van der Waals surface area (Å²) in [6, 6.07) is 7.56. The molecule has 0 radical (unpaired) electrons. The third-order valence-electron chi connectivity index (χ3n) is 3.13. The van der Waals surface area contributed by atoms with Gasteiger partial charge in [0.05, 0.1) is 14.2 Å². The largest absolute Gasteiger partial charge is 0.493 e. The Balaban J connectivity index is 2.36. The van der Waals surface area contributed by atoms with Gasteiger partial charge in [-0.2, -0.15) is 0 Å². The predicted molar refractivity (Wildman–Crippen MR) is 77.3 cm³/mol. The van der Waals surface area contributed by atoms with Gasteiger partial charge >= 0.3 is 0 Å². The van der Waals surface area contributed by atoms with Crippen LogP contribution >= 0.6 is 11.3 Å². The summed E-state index contributed by atoms with van der Waals surface area (Å²) >= 11 is 1.58. The van der Waals surface area contributed by atoms with E-state index >= 15 is 0 Å². The zero-order chi connectivity index (χ0) is 13.8. The standard InChI is InChI=1S/C15H18O3S/c1-4-10-7-8-19-15(10)14(16)11-5-6-12(17-2)13(9-11)18-3/h5-9,14,16H,4H2,1-3H3. The molecular formula is C15H18O3S. The van der Waals surface area contributed by atoms with Crippen LogP contribution in [0.3, 0.4) is 0 Å². The third kappa shape index (κ3) is 2.74. The van der Waals surface area contributed by atoms with Crippen LogP contribution in [-0.4, -0.2) is 19.3 Å². The Morgan fingerprint density at radius 3 is 2.53 bits per heavy atom. The molecule has 0 bridgehead atoms. The van der Waals surface area contributed by atoms with Crippen LogP contribution in [0.15, 0.2) is 29.6 Å². The minimum atomic E-state index is -0.616. The Kier molecular flexibility index (Phi) is 4.45. The minimum Gasteiger partial charge on any atom is -0.493 e. The van der Waals surface area contributed by atoms with Crippen molar-refractivity contribution in [3.8, 4) is 11.5 Å². The van der Waals surface area contributed by atoms with Crippen LogP contribution in [0.5, 0.6) is 11.5 Å². The van der Waals surface area contributed by atoms with Crippen LogP contribution in [0.25, 0.3) is 0 Å². The summed E-state index contributed by atoms with van der Waals surface area (Å²) < 4.78 is 10.5. The first-order chi connectivity index (χ1) is 9.21. The van der Waals surface area contributed by atoms with Crippen molar-refractivity contribution in [3.05, 3.63) is 45.6 Å². The molecule has 3 nitrogen and oxygen atoms in total. The summed E-state index contributed by atoms with van der Waals surface area (Å²) in [5.41, 5.74) is 2.00. The first-order valence-electron chi connectivity index (χ1n) is 6.17. The molecule has 0 spiro atoms. The molecule has 0 aliphatic carbocycles. The van der Waals surface area contributed by atoms with Crippen LogP contribution in [-0.2, 0) is 6.42 Å². The second kappa shape index (κ2) is 6.08. The summed E-state index contributed by atoms with van der Waals surface area (Å²) in [5.74, 6) is 1.30. The van der Waals surface area contributed by atoms with Crippen molar-refractivity contribution in [3.63, 3.8) is 0 Å². The Morgan fingerprint density at radius 2 is 1.89 bits per heavy atom. The van der Waals surface area contributed by atoms with E-state index < -0.39 is 6.10 Å². The number of rotatable bonds is 5. The molecular weight excluding hydrogens is 260 g/mol. The number of ether oxygens (including phenoxy) is 2. The molecule has 0 amide bonds. The van der Waals surface area contributed by atoms with Gasteiger partial charge in [0.1, 0.15) is 6.10 Å². The van der Waals surface area contributed by atoms with Gasteiger partial charge in [0.25, 0.3) is 0 Å². The van der Waals surface area contributed by atoms with E-state index in [1.807, 2.05) is 23.6 Å². The van der Waals surface area contributed by atoms with E-state index in [1.165, 1.54) is 5.56 Å². The van der Waals surface area contributed by atoms with Crippen LogP contribution in [0.2, 0.25) is 0 Å². The van der Waals surface area contributed by atoms with E-state index in [1.54, 1.807) is 25.6 Å². The molecule has 1 aromatic heterocycles. The highest BCUT2D eigenvalue weighted by Crippen LogP contribution is 2.35. The van der Waals surface area contributed by atoms with E-state index in [-0.39, 0.29) is 0 Å². The molecule has 0 fully saturated rings. The molecule has 0 aliphatic heterocycles. The van der Waals surface area contributed by atoms with Crippen molar-refractivity contribution < 1.29 is 14.6 Å². The lowest BCUT2D eigenvalue weighted by Crippen LogP contribution is -2.01. The van der Waals surface area contributed by atoms with Crippen molar-refractivity contribution in [2.45, 2.75) is 19.4 Å². The average Bonchev–Trinajstić information content (AvgIpc) is 2.94. The quantitative estimate of drug-likeness (QED) is 0.911. The lowest BCUT2D eigenvalue weighted by atomic mass is 10.0. The monoisotopic (exact) mass is 278 g/mol. The highest BCUT2D eigenvalue weighted by molar-refractivity contribution is 7.10. The first-order valence-corrected chi connectivity index (χ1v) is 7.05. The molecule has 0 saturated carbocycles. The van der Waals surface area contributed by atoms with Crippen molar-refractivity contribution in [2.24, 2.45) is 0 Å². The number of hydrogen-bond acceptors (Lipinski definition) is 4. The second-order valence-electron chi connectivity index (χ2n) is 4.18. The van der Waals surface area contributed by atoms with Gasteiger partial charge in [-0.1, -0.05) is 13.0 Å². The Labute approximate surface area is 117 Å². The number of hydrogen-bond donors (Lipinski definition) is 1. The topological polar surface area (TPSA) is 38.7 Å². The second-order valence-corrected chi connectivity index (χ2v) is 5.13. The highest BCUT2D eigenvalue weighted by atomic mass is 32.1. The van der Waals surface area contributed by atoms with Gasteiger partial charge in [-0.25, -0.2) is 0 Å². The first kappa shape index (κ1) is 13.9. The highest BCUT2D eigenvalue weighted by Gasteiger charge is 2.17. The third-order valence-corrected chi connectivity index (χ3v) is 4.14. The van der Waals surface area contributed by atoms with Crippen LogP contribution < -0.4 is 9.47 Å². The van der Waals surface area contributed by atoms with E-state index in [0.29, 0.717) is 11.5 Å². The number of thiophene rings is 1. The van der Waals surface area contributed by atoms with Crippen molar-refractivity contribution >= 4 is 11.3 Å². The normalized spacial score (nSPS) is 12.2. The van der Waals surface area contributed by atoms with Gasteiger partial charge in [-0.3, -0.25) is 0 Å². The maximum absolute atomic E-state index is 10.5. The summed E-state index contributed by atoms with van der Waals surface area (Å²) in [4.78, 5) is 0.995. The van der Waals surface area contributed by atoms with Crippen molar-refractivity contribution in [2.75, 3.05) is 14.2 Å². The van der Waals surface area contributed by atoms with Gasteiger partial charge in [-0.15, -0.1) is 11.3 Å². The zero-order valence-electron chi connectivity index (χ0n) is 11.3. The summed E-state index contributed by atoms with van der Waals surface area (Å²) in [7, 11) is 3.19. The van der Waals surface area contributed by atoms with Gasteiger partial charge in [0.2, 0.25) is 0 Å². The van der Waals surface area contributed by atoms with Crippen molar-refractivity contribution in [1.82, 2.24) is 0 Å². The summed E-state index contributed by atoms with van der Waals surface area (Å²) in [6.07, 6.45) is 0.304. The van der Waals surface area contributed by atoms with Gasteiger partial charge in [0, 0.05) is 4.88 Å². The molecule has 4 heteroatoms. The van der Waals surface area contributed by atoms with Crippen LogP contribution in [0.4, 0.5) is 0 Å². The lowest BCUT2D eigenvalue weighted by Gasteiger charge is -2.14. The average molecular weight is 278 g/mol. The maximum atomic E-state index is 10.5. The minimum absolute atomic E-state index is 0.616. The predicted octanol–water partition coefficient (Wildman–Crippen LogP) is 3.41. The molecule has 2 aromatic rings. The Hall–Kier alpha value is -1.52. The molecule has 0 saturated heterocycles. The smallest absolute Gasteiger partial charge is 0.161 e. The van der Waals surface area contributed by atoms with Gasteiger partial charge < -0.3 is 14.6 Å². The number of benzene rings is 1. The summed E-state index contributed by atoms with van der Waals surface area (Å²) in [6.45, 7) is 2.09. The molecule has 1 atom stereocenters. The van der Waals surface area contributed by atoms with Gasteiger partial charge in [0.15, 0.2) is 11.5 Å². The number of aliphatic hydroxyl groups excluding tert-OH is 1. The molecule has 1 heterocycles. The fraction of sp³-hybridized carbons (Fsp3) is 0.333. The molecule has 1 unspecified atom stereocenters. The summed E-state index contributed by atoms with van der Waals surface area (Å²) in [5, 5.41) is 12.5. The lowest BCUT2D eigenvalue weighted by molar-refractivity contribution is 0.222.